The molecule has 0 spiro atoms. The van der Waals surface area contributed by atoms with Crippen LogP contribution in [0, 0.1) is 20.8 Å². The Morgan fingerprint density at radius 2 is 1.89 bits per heavy atom. The summed E-state index contributed by atoms with van der Waals surface area (Å²) in [6.07, 6.45) is 1.72. The van der Waals surface area contributed by atoms with E-state index in [9.17, 15) is 4.79 Å². The van der Waals surface area contributed by atoms with Crippen LogP contribution in [0.1, 0.15) is 41.5 Å². The van der Waals surface area contributed by atoms with Gasteiger partial charge in [-0.3, -0.25) is 0 Å². The predicted octanol–water partition coefficient (Wildman–Crippen LogP) is 5.03. The number of hydrogen-bond acceptors (Lipinski definition) is 4. The Morgan fingerprint density at radius 3 is 2.64 bits per heavy atom. The van der Waals surface area contributed by atoms with Gasteiger partial charge in [0, 0.05) is 17.8 Å². The SMILES string of the molecule is Cc1cc(C)cc(NC(=O)N2CCC[C@@H]2c2nc(-c3ccccc3C)no2)c1. The third kappa shape index (κ3) is 3.63. The largest absolute Gasteiger partial charge is 0.337 e. The number of urea groups is 1. The molecule has 4 rings (SSSR count). The van der Waals surface area contributed by atoms with E-state index < -0.39 is 0 Å². The molecule has 0 aliphatic carbocycles. The van der Waals surface area contributed by atoms with Crippen molar-refractivity contribution in [2.75, 3.05) is 11.9 Å². The summed E-state index contributed by atoms with van der Waals surface area (Å²) in [5, 5.41) is 7.16. The molecule has 0 unspecified atom stereocenters. The van der Waals surface area contributed by atoms with E-state index >= 15 is 0 Å². The van der Waals surface area contributed by atoms with Crippen LogP contribution in [0.4, 0.5) is 10.5 Å². The van der Waals surface area contributed by atoms with Crippen LogP contribution in [0.2, 0.25) is 0 Å². The molecule has 1 aliphatic rings. The van der Waals surface area contributed by atoms with Gasteiger partial charge in [-0.25, -0.2) is 4.79 Å². The lowest BCUT2D eigenvalue weighted by molar-refractivity contribution is 0.193. The summed E-state index contributed by atoms with van der Waals surface area (Å²) in [6.45, 7) is 6.73. The monoisotopic (exact) mass is 376 g/mol. The summed E-state index contributed by atoms with van der Waals surface area (Å²) in [6, 6.07) is 13.6. The molecule has 144 valence electrons. The van der Waals surface area contributed by atoms with Crippen molar-refractivity contribution in [2.45, 2.75) is 39.7 Å². The number of aryl methyl sites for hydroxylation is 3. The van der Waals surface area contributed by atoms with Gasteiger partial charge in [-0.05, 0) is 62.4 Å². The van der Waals surface area contributed by atoms with Gasteiger partial charge in [0.2, 0.25) is 11.7 Å². The second-order valence-corrected chi connectivity index (χ2v) is 7.43. The first-order chi connectivity index (χ1) is 13.5. The minimum atomic E-state index is -0.198. The molecule has 1 atom stereocenters. The number of rotatable bonds is 3. The lowest BCUT2D eigenvalue weighted by atomic mass is 10.1. The van der Waals surface area contributed by atoms with E-state index in [-0.39, 0.29) is 12.1 Å². The quantitative estimate of drug-likeness (QED) is 0.696. The molecular formula is C22H24N4O2. The maximum atomic E-state index is 12.9. The Bertz CT molecular complexity index is 991. The summed E-state index contributed by atoms with van der Waals surface area (Å²) >= 11 is 0. The van der Waals surface area contributed by atoms with E-state index in [1.807, 2.05) is 57.2 Å². The number of nitrogens with one attached hydrogen (secondary N) is 1. The molecule has 0 radical (unpaired) electrons. The first kappa shape index (κ1) is 18.2. The lowest BCUT2D eigenvalue weighted by Crippen LogP contribution is -2.34. The summed E-state index contributed by atoms with van der Waals surface area (Å²) in [5.74, 6) is 1.06. The number of hydrogen-bond donors (Lipinski definition) is 1. The van der Waals surface area contributed by atoms with E-state index in [1.165, 1.54) is 0 Å². The van der Waals surface area contributed by atoms with Gasteiger partial charge >= 0.3 is 6.03 Å². The topological polar surface area (TPSA) is 71.3 Å². The van der Waals surface area contributed by atoms with E-state index in [1.54, 1.807) is 4.90 Å². The van der Waals surface area contributed by atoms with Crippen LogP contribution in [-0.4, -0.2) is 27.6 Å². The third-order valence-electron chi connectivity index (χ3n) is 5.10. The highest BCUT2D eigenvalue weighted by Gasteiger charge is 2.34. The van der Waals surface area contributed by atoms with Crippen molar-refractivity contribution in [3.05, 3.63) is 65.0 Å². The fourth-order valence-electron chi connectivity index (χ4n) is 3.81. The van der Waals surface area contributed by atoms with Crippen LogP contribution in [-0.2, 0) is 0 Å². The van der Waals surface area contributed by atoms with Gasteiger partial charge in [0.1, 0.15) is 6.04 Å². The van der Waals surface area contributed by atoms with Gasteiger partial charge in [0.05, 0.1) is 0 Å². The zero-order chi connectivity index (χ0) is 19.7. The van der Waals surface area contributed by atoms with Crippen LogP contribution in [0.15, 0.2) is 47.0 Å². The Kier molecular flexibility index (Phi) is 4.86. The smallest absolute Gasteiger partial charge is 0.322 e. The average molecular weight is 376 g/mol. The number of benzene rings is 2. The molecule has 1 aliphatic heterocycles. The number of aromatic nitrogens is 2. The molecule has 1 saturated heterocycles. The third-order valence-corrected chi connectivity index (χ3v) is 5.10. The number of carbonyl (C=O) groups excluding carboxylic acids is 1. The van der Waals surface area contributed by atoms with Crippen molar-refractivity contribution >= 4 is 11.7 Å². The maximum absolute atomic E-state index is 12.9. The van der Waals surface area contributed by atoms with Gasteiger partial charge in [-0.15, -0.1) is 0 Å². The van der Waals surface area contributed by atoms with Crippen LogP contribution >= 0.6 is 0 Å². The highest BCUT2D eigenvalue weighted by atomic mass is 16.5. The molecule has 2 amide bonds. The predicted molar refractivity (Wildman–Crippen MR) is 108 cm³/mol. The first-order valence-corrected chi connectivity index (χ1v) is 9.57. The van der Waals surface area contributed by atoms with Crippen LogP contribution < -0.4 is 5.32 Å². The van der Waals surface area contributed by atoms with Crippen molar-refractivity contribution in [1.82, 2.24) is 15.0 Å². The minimum Gasteiger partial charge on any atom is -0.337 e. The van der Waals surface area contributed by atoms with Crippen LogP contribution in [0.3, 0.4) is 0 Å². The fourth-order valence-corrected chi connectivity index (χ4v) is 3.81. The zero-order valence-corrected chi connectivity index (χ0v) is 16.4. The molecule has 1 fully saturated rings. The number of amides is 2. The van der Waals surface area contributed by atoms with Crippen molar-refractivity contribution < 1.29 is 9.32 Å². The van der Waals surface area contributed by atoms with Crippen LogP contribution in [0.5, 0.6) is 0 Å². The number of carbonyl (C=O) groups is 1. The summed E-state index contributed by atoms with van der Waals surface area (Å²) < 4.78 is 5.54. The molecule has 0 saturated carbocycles. The molecule has 28 heavy (non-hydrogen) atoms. The molecule has 6 nitrogen and oxygen atoms in total. The van der Waals surface area contributed by atoms with E-state index in [2.05, 4.69) is 21.5 Å². The minimum absolute atomic E-state index is 0.136. The summed E-state index contributed by atoms with van der Waals surface area (Å²) in [7, 11) is 0. The van der Waals surface area contributed by atoms with Crippen molar-refractivity contribution in [2.24, 2.45) is 0 Å². The normalized spacial score (nSPS) is 16.4. The Morgan fingerprint density at radius 1 is 1.14 bits per heavy atom. The highest BCUT2D eigenvalue weighted by Crippen LogP contribution is 2.33. The highest BCUT2D eigenvalue weighted by molar-refractivity contribution is 5.90. The summed E-state index contributed by atoms with van der Waals surface area (Å²) in [5.41, 5.74) is 5.08. The lowest BCUT2D eigenvalue weighted by Gasteiger charge is -2.22. The van der Waals surface area contributed by atoms with Gasteiger partial charge < -0.3 is 14.7 Å². The number of nitrogens with zero attached hydrogens (tertiary/aromatic N) is 3. The van der Waals surface area contributed by atoms with Crippen molar-refractivity contribution in [3.63, 3.8) is 0 Å². The van der Waals surface area contributed by atoms with E-state index in [0.29, 0.717) is 18.3 Å². The van der Waals surface area contributed by atoms with Crippen molar-refractivity contribution in [3.8, 4) is 11.4 Å². The summed E-state index contributed by atoms with van der Waals surface area (Å²) in [4.78, 5) is 19.3. The molecule has 2 aromatic carbocycles. The molecule has 1 N–H and O–H groups in total. The molecule has 3 aromatic rings. The zero-order valence-electron chi connectivity index (χ0n) is 16.4. The number of likely N-dealkylation sites (tertiary alicyclic amines) is 1. The fraction of sp³-hybridized carbons (Fsp3) is 0.318. The molecule has 1 aromatic heterocycles. The van der Waals surface area contributed by atoms with Gasteiger partial charge in [-0.2, -0.15) is 4.98 Å². The van der Waals surface area contributed by atoms with Gasteiger partial charge in [0.25, 0.3) is 0 Å². The average Bonchev–Trinajstić information content (AvgIpc) is 3.30. The Labute approximate surface area is 164 Å². The molecule has 6 heteroatoms. The molecular weight excluding hydrogens is 352 g/mol. The Hall–Kier alpha value is -3.15. The first-order valence-electron chi connectivity index (χ1n) is 9.57. The standard InChI is InChI=1S/C22H24N4O2/c1-14-11-15(2)13-17(12-14)23-22(27)26-10-6-9-19(26)21-24-20(25-28-21)18-8-5-4-7-16(18)3/h4-5,7-8,11-13,19H,6,9-10H2,1-3H3,(H,23,27)/t19-/m1/s1. The Balaban J connectivity index is 1.54. The second-order valence-electron chi connectivity index (χ2n) is 7.43. The maximum Gasteiger partial charge on any atom is 0.322 e. The molecule has 2 heterocycles. The van der Waals surface area contributed by atoms with Gasteiger partial charge in [-0.1, -0.05) is 35.5 Å². The van der Waals surface area contributed by atoms with Crippen LogP contribution in [0.25, 0.3) is 11.4 Å². The van der Waals surface area contributed by atoms with E-state index in [4.69, 9.17) is 4.52 Å². The number of anilines is 1. The molecule has 0 bridgehead atoms. The van der Waals surface area contributed by atoms with Gasteiger partial charge in [0.15, 0.2) is 0 Å². The van der Waals surface area contributed by atoms with Crippen molar-refractivity contribution in [1.29, 1.82) is 0 Å². The van der Waals surface area contributed by atoms with E-state index in [0.717, 1.165) is 40.8 Å². The second kappa shape index (κ2) is 7.46.